The average Bonchev–Trinajstić information content (AvgIpc) is 3.12. The van der Waals surface area contributed by atoms with E-state index in [1.54, 1.807) is 11.1 Å². The number of carboxylic acids is 1. The first-order chi connectivity index (χ1) is 9.24. The van der Waals surface area contributed by atoms with Crippen molar-refractivity contribution in [2.75, 3.05) is 0 Å². The van der Waals surface area contributed by atoms with Gasteiger partial charge in [-0.1, -0.05) is 55.4 Å². The average molecular weight is 264 g/mol. The molecule has 0 fully saturated rings. The van der Waals surface area contributed by atoms with E-state index < -0.39 is 5.97 Å². The summed E-state index contributed by atoms with van der Waals surface area (Å²) in [5, 5.41) is 8.51. The molecule has 0 aliphatic heterocycles. The normalized spacial score (nSPS) is 14.4. The third-order valence-electron chi connectivity index (χ3n) is 3.77. The predicted octanol–water partition coefficient (Wildman–Crippen LogP) is 5.25. The van der Waals surface area contributed by atoms with E-state index in [2.05, 4.69) is 19.1 Å². The Morgan fingerprint density at radius 2 is 1.68 bits per heavy atom. The molecule has 0 heterocycles. The Hall–Kier alpha value is -1.05. The summed E-state index contributed by atoms with van der Waals surface area (Å²) in [6, 6.07) is 0. The molecule has 0 unspecified atom stereocenters. The number of carboxylic acid groups (broad SMARTS) is 1. The molecule has 2 heteroatoms. The van der Waals surface area contributed by atoms with Gasteiger partial charge in [0.1, 0.15) is 0 Å². The van der Waals surface area contributed by atoms with E-state index in [4.69, 9.17) is 5.11 Å². The molecule has 0 aromatic rings. The van der Waals surface area contributed by atoms with E-state index in [9.17, 15) is 4.79 Å². The number of unbranched alkanes of at least 4 members (excludes halogenated alkanes) is 6. The largest absolute Gasteiger partial charge is 0.481 e. The van der Waals surface area contributed by atoms with Gasteiger partial charge in [-0.2, -0.15) is 0 Å². The molecule has 19 heavy (non-hydrogen) atoms. The Kier molecular flexibility index (Phi) is 8.28. The lowest BCUT2D eigenvalue weighted by atomic mass is 10.1. The molecule has 0 aromatic carbocycles. The SMILES string of the molecule is CC=CCC1=C(CCCCCCCCCC(=O)O)C1. The third-order valence-corrected chi connectivity index (χ3v) is 3.77. The monoisotopic (exact) mass is 264 g/mol. The summed E-state index contributed by atoms with van der Waals surface area (Å²) >= 11 is 0. The van der Waals surface area contributed by atoms with Gasteiger partial charge in [0, 0.05) is 6.42 Å². The Labute approximate surface area is 117 Å². The number of aliphatic carboxylic acids is 1. The zero-order valence-corrected chi connectivity index (χ0v) is 12.3. The van der Waals surface area contributed by atoms with Crippen LogP contribution >= 0.6 is 0 Å². The fourth-order valence-corrected chi connectivity index (χ4v) is 2.45. The molecule has 0 bridgehead atoms. The summed E-state index contributed by atoms with van der Waals surface area (Å²) in [5.74, 6) is -0.661. The minimum Gasteiger partial charge on any atom is -0.481 e. The van der Waals surface area contributed by atoms with E-state index in [0.717, 1.165) is 12.8 Å². The summed E-state index contributed by atoms with van der Waals surface area (Å²) in [6.45, 7) is 2.08. The van der Waals surface area contributed by atoms with E-state index >= 15 is 0 Å². The van der Waals surface area contributed by atoms with Gasteiger partial charge >= 0.3 is 5.97 Å². The van der Waals surface area contributed by atoms with Crippen molar-refractivity contribution < 1.29 is 9.90 Å². The second-order valence-electron chi connectivity index (χ2n) is 5.53. The first-order valence-electron chi connectivity index (χ1n) is 7.76. The molecule has 2 nitrogen and oxygen atoms in total. The summed E-state index contributed by atoms with van der Waals surface area (Å²) in [7, 11) is 0. The molecule has 0 saturated carbocycles. The lowest BCUT2D eigenvalue weighted by molar-refractivity contribution is -0.137. The molecule has 0 amide bonds. The highest BCUT2D eigenvalue weighted by Crippen LogP contribution is 2.37. The highest BCUT2D eigenvalue weighted by Gasteiger charge is 2.18. The van der Waals surface area contributed by atoms with Crippen molar-refractivity contribution in [2.45, 2.75) is 77.6 Å². The van der Waals surface area contributed by atoms with Crippen molar-refractivity contribution in [3.05, 3.63) is 23.3 Å². The van der Waals surface area contributed by atoms with Crippen LogP contribution in [0.25, 0.3) is 0 Å². The molecule has 1 aliphatic rings. The Bertz CT molecular complexity index is 326. The maximum atomic E-state index is 10.3. The van der Waals surface area contributed by atoms with Gasteiger partial charge < -0.3 is 5.11 Å². The van der Waals surface area contributed by atoms with Gasteiger partial charge in [-0.15, -0.1) is 0 Å². The molecule has 0 atom stereocenters. The Morgan fingerprint density at radius 3 is 2.32 bits per heavy atom. The van der Waals surface area contributed by atoms with Crippen molar-refractivity contribution in [3.63, 3.8) is 0 Å². The number of allylic oxidation sites excluding steroid dienone is 4. The van der Waals surface area contributed by atoms with E-state index in [1.807, 2.05) is 0 Å². The standard InChI is InChI=1S/C17H28O2/c1-2-3-11-15-14-16(15)12-9-7-5-4-6-8-10-13-17(18)19/h2-3H,4-14H2,1H3,(H,18,19). The molecule has 0 radical (unpaired) electrons. The van der Waals surface area contributed by atoms with Gasteiger partial charge in [0.05, 0.1) is 0 Å². The van der Waals surface area contributed by atoms with Crippen LogP contribution in [0.1, 0.15) is 77.6 Å². The third kappa shape index (κ3) is 8.63. The molecule has 0 spiro atoms. The lowest BCUT2D eigenvalue weighted by Gasteiger charge is -2.00. The topological polar surface area (TPSA) is 37.3 Å². The fourth-order valence-electron chi connectivity index (χ4n) is 2.45. The molecule has 0 saturated heterocycles. The Morgan fingerprint density at radius 1 is 1.05 bits per heavy atom. The summed E-state index contributed by atoms with van der Waals surface area (Å²) < 4.78 is 0. The minimum atomic E-state index is -0.661. The number of rotatable bonds is 12. The quantitative estimate of drug-likeness (QED) is 0.386. The van der Waals surface area contributed by atoms with Gasteiger partial charge in [-0.25, -0.2) is 0 Å². The van der Waals surface area contributed by atoms with Crippen LogP contribution in [0.15, 0.2) is 23.3 Å². The fraction of sp³-hybridized carbons (Fsp3) is 0.706. The van der Waals surface area contributed by atoms with Crippen LogP contribution in [0, 0.1) is 0 Å². The van der Waals surface area contributed by atoms with Crippen molar-refractivity contribution in [2.24, 2.45) is 0 Å². The molecule has 1 aliphatic carbocycles. The van der Waals surface area contributed by atoms with Gasteiger partial charge in [0.15, 0.2) is 0 Å². The van der Waals surface area contributed by atoms with Gasteiger partial charge in [0.2, 0.25) is 0 Å². The van der Waals surface area contributed by atoms with Crippen LogP contribution in [0.2, 0.25) is 0 Å². The zero-order chi connectivity index (χ0) is 13.9. The Balaban J connectivity index is 1.82. The van der Waals surface area contributed by atoms with Gasteiger partial charge in [-0.3, -0.25) is 4.79 Å². The van der Waals surface area contributed by atoms with Crippen molar-refractivity contribution in [1.82, 2.24) is 0 Å². The second-order valence-corrected chi connectivity index (χ2v) is 5.53. The zero-order valence-electron chi connectivity index (χ0n) is 12.3. The molecular weight excluding hydrogens is 236 g/mol. The number of carbonyl (C=O) groups is 1. The first kappa shape index (κ1) is 16.0. The highest BCUT2D eigenvalue weighted by atomic mass is 16.4. The van der Waals surface area contributed by atoms with Crippen molar-refractivity contribution in [3.8, 4) is 0 Å². The van der Waals surface area contributed by atoms with Crippen LogP contribution < -0.4 is 0 Å². The maximum Gasteiger partial charge on any atom is 0.303 e. The smallest absolute Gasteiger partial charge is 0.303 e. The molecule has 108 valence electrons. The summed E-state index contributed by atoms with van der Waals surface area (Å²) in [5.41, 5.74) is 3.38. The number of hydrogen-bond donors (Lipinski definition) is 1. The molecule has 1 N–H and O–H groups in total. The number of hydrogen-bond acceptors (Lipinski definition) is 1. The van der Waals surface area contributed by atoms with Crippen molar-refractivity contribution in [1.29, 1.82) is 0 Å². The maximum absolute atomic E-state index is 10.3. The second kappa shape index (κ2) is 9.82. The first-order valence-corrected chi connectivity index (χ1v) is 7.76. The van der Waals surface area contributed by atoms with Crippen LogP contribution in [-0.2, 0) is 4.79 Å². The van der Waals surface area contributed by atoms with E-state index in [-0.39, 0.29) is 0 Å². The van der Waals surface area contributed by atoms with Gasteiger partial charge in [0.25, 0.3) is 0 Å². The molecule has 0 aromatic heterocycles. The van der Waals surface area contributed by atoms with Crippen LogP contribution in [-0.4, -0.2) is 11.1 Å². The highest BCUT2D eigenvalue weighted by molar-refractivity contribution is 5.66. The predicted molar refractivity (Wildman–Crippen MR) is 80.3 cm³/mol. The van der Waals surface area contributed by atoms with E-state index in [1.165, 1.54) is 51.4 Å². The van der Waals surface area contributed by atoms with Gasteiger partial charge in [-0.05, 0) is 39.0 Å². The summed E-state index contributed by atoms with van der Waals surface area (Å²) in [6.07, 6.45) is 16.9. The molecular formula is C17H28O2. The summed E-state index contributed by atoms with van der Waals surface area (Å²) in [4.78, 5) is 10.3. The van der Waals surface area contributed by atoms with E-state index in [0.29, 0.717) is 6.42 Å². The lowest BCUT2D eigenvalue weighted by Crippen LogP contribution is -1.93. The minimum absolute atomic E-state index is 0.336. The van der Waals surface area contributed by atoms with Crippen LogP contribution in [0.4, 0.5) is 0 Å². The van der Waals surface area contributed by atoms with Crippen molar-refractivity contribution >= 4 is 5.97 Å². The van der Waals surface area contributed by atoms with Crippen LogP contribution in [0.5, 0.6) is 0 Å². The van der Waals surface area contributed by atoms with Crippen LogP contribution in [0.3, 0.4) is 0 Å². The molecule has 1 rings (SSSR count).